The predicted molar refractivity (Wildman–Crippen MR) is 138 cm³/mol. The number of sulfonamides is 1. The molecular formula is C24H32N4O7S2. The van der Waals surface area contributed by atoms with Crippen molar-refractivity contribution in [3.05, 3.63) is 40.9 Å². The normalized spacial score (nSPS) is 22.3. The number of carbonyl (C=O) groups excluding carboxylic acids is 1. The van der Waals surface area contributed by atoms with E-state index in [2.05, 4.69) is 20.2 Å². The number of nitrogens with one attached hydrogen (secondary N) is 2. The van der Waals surface area contributed by atoms with E-state index in [9.17, 15) is 13.2 Å². The Hall–Kier alpha value is -2.42. The number of hydrogen-bond acceptors (Lipinski definition) is 10. The first kappa shape index (κ1) is 27.6. The molecule has 0 bridgehead atoms. The molecule has 2 heterocycles. The summed E-state index contributed by atoms with van der Waals surface area (Å²) in [5, 5.41) is 7.32. The van der Waals surface area contributed by atoms with Gasteiger partial charge < -0.3 is 19.0 Å². The van der Waals surface area contributed by atoms with E-state index in [1.165, 1.54) is 35.6 Å². The molecule has 1 aromatic heterocycles. The number of nitrogens with zero attached hydrogens (tertiary/aromatic N) is 2. The lowest BCUT2D eigenvalue weighted by atomic mass is 10.1. The van der Waals surface area contributed by atoms with Gasteiger partial charge in [-0.25, -0.2) is 18.1 Å². The van der Waals surface area contributed by atoms with E-state index < -0.39 is 15.9 Å². The maximum absolute atomic E-state index is 13.2. The van der Waals surface area contributed by atoms with Crippen LogP contribution in [-0.2, 0) is 40.5 Å². The van der Waals surface area contributed by atoms with Crippen LogP contribution in [-0.4, -0.2) is 70.7 Å². The van der Waals surface area contributed by atoms with E-state index >= 15 is 0 Å². The minimum absolute atomic E-state index is 0.0145. The van der Waals surface area contributed by atoms with Crippen molar-refractivity contribution in [3.63, 3.8) is 0 Å². The second-order valence-electron chi connectivity index (χ2n) is 8.87. The minimum Gasteiger partial charge on any atom is -0.392 e. The van der Waals surface area contributed by atoms with Gasteiger partial charge in [0.25, 0.3) is 5.91 Å². The molecule has 0 radical (unpaired) electrons. The Bertz CT molecular complexity index is 1180. The maximum Gasteiger partial charge on any atom is 0.280 e. The Labute approximate surface area is 220 Å². The highest BCUT2D eigenvalue weighted by atomic mass is 32.2. The quantitative estimate of drug-likeness (QED) is 0.303. The summed E-state index contributed by atoms with van der Waals surface area (Å²) in [5.74, 6) is -0.522. The van der Waals surface area contributed by atoms with Gasteiger partial charge in [-0.15, -0.1) is 0 Å². The fourth-order valence-electron chi connectivity index (χ4n) is 4.18. The van der Waals surface area contributed by atoms with Crippen LogP contribution >= 0.6 is 11.3 Å². The molecule has 2 aliphatic rings. The van der Waals surface area contributed by atoms with Crippen LogP contribution in [0.4, 0.5) is 5.13 Å². The van der Waals surface area contributed by atoms with Gasteiger partial charge in [0, 0.05) is 45.6 Å². The third kappa shape index (κ3) is 7.55. The Morgan fingerprint density at radius 3 is 2.65 bits per heavy atom. The van der Waals surface area contributed by atoms with Crippen LogP contribution in [0.2, 0.25) is 0 Å². The molecule has 2 fully saturated rings. The third-order valence-corrected chi connectivity index (χ3v) is 8.53. The summed E-state index contributed by atoms with van der Waals surface area (Å²) >= 11 is 1.29. The topological polar surface area (TPSA) is 137 Å². The molecule has 1 saturated heterocycles. The minimum atomic E-state index is -3.73. The first-order valence-electron chi connectivity index (χ1n) is 12.1. The number of thiazole rings is 1. The second-order valence-corrected chi connectivity index (χ2v) is 11.8. The first-order valence-corrected chi connectivity index (χ1v) is 14.4. The zero-order valence-electron chi connectivity index (χ0n) is 20.8. The lowest BCUT2D eigenvalue weighted by Crippen LogP contribution is -2.31. The zero-order valence-corrected chi connectivity index (χ0v) is 22.5. The number of anilines is 1. The van der Waals surface area contributed by atoms with Crippen LogP contribution in [0.5, 0.6) is 0 Å². The third-order valence-electron chi connectivity index (χ3n) is 6.20. The van der Waals surface area contributed by atoms with Crippen molar-refractivity contribution in [1.29, 1.82) is 0 Å². The van der Waals surface area contributed by atoms with Gasteiger partial charge in [0.1, 0.15) is 6.10 Å². The molecule has 4 rings (SSSR count). The van der Waals surface area contributed by atoms with Crippen molar-refractivity contribution in [1.82, 2.24) is 9.71 Å². The van der Waals surface area contributed by atoms with Gasteiger partial charge in [0.05, 0.1) is 28.6 Å². The van der Waals surface area contributed by atoms with E-state index in [4.69, 9.17) is 19.0 Å². The number of oxime groups is 1. The zero-order chi connectivity index (χ0) is 26.3. The molecule has 1 amide bonds. The summed E-state index contributed by atoms with van der Waals surface area (Å²) in [6, 6.07) is 5.94. The van der Waals surface area contributed by atoms with Gasteiger partial charge >= 0.3 is 0 Å². The van der Waals surface area contributed by atoms with E-state index in [1.54, 1.807) is 20.4 Å². The molecular weight excluding hydrogens is 520 g/mol. The van der Waals surface area contributed by atoms with Crippen LogP contribution in [0.3, 0.4) is 0 Å². The van der Waals surface area contributed by atoms with E-state index in [0.29, 0.717) is 30.3 Å². The van der Waals surface area contributed by atoms with Gasteiger partial charge in [-0.2, -0.15) is 0 Å². The van der Waals surface area contributed by atoms with Crippen molar-refractivity contribution in [2.24, 2.45) is 5.16 Å². The molecule has 13 heteroatoms. The molecule has 3 atom stereocenters. The lowest BCUT2D eigenvalue weighted by molar-refractivity contribution is -0.110. The van der Waals surface area contributed by atoms with Crippen LogP contribution in [0, 0.1) is 0 Å². The van der Waals surface area contributed by atoms with Crippen molar-refractivity contribution in [2.45, 2.75) is 61.9 Å². The van der Waals surface area contributed by atoms with Crippen molar-refractivity contribution >= 4 is 38.1 Å². The highest BCUT2D eigenvalue weighted by molar-refractivity contribution is 7.89. The van der Waals surface area contributed by atoms with Gasteiger partial charge in [-0.1, -0.05) is 28.6 Å². The monoisotopic (exact) mass is 552 g/mol. The summed E-state index contributed by atoms with van der Waals surface area (Å²) in [6.07, 6.45) is 5.48. The molecule has 1 saturated carbocycles. The van der Waals surface area contributed by atoms with Crippen LogP contribution in [0.15, 0.2) is 40.5 Å². The molecule has 2 N–H and O–H groups in total. The Balaban J connectivity index is 1.50. The molecule has 1 aromatic carbocycles. The number of hydrogen-bond donors (Lipinski definition) is 2. The standard InChI is InChI=1S/C24H32N4O7S2/c1-32-15-20-14-25-24(36-20)27-23(29)22(28-35-18-8-7-17(12-18)33-2)16-5-9-21(10-6-16)37(30,31)26-13-19-4-3-11-34-19/h5-6,9-10,14,17-19,26H,3-4,7-8,11-13,15H2,1-2H3,(H,25,27,29)/t17-,18-,19-/m1/s1. The average Bonchev–Trinajstić information content (AvgIpc) is 3.66. The van der Waals surface area contributed by atoms with Gasteiger partial charge in [-0.3, -0.25) is 10.1 Å². The van der Waals surface area contributed by atoms with Crippen LogP contribution in [0.25, 0.3) is 0 Å². The van der Waals surface area contributed by atoms with E-state index in [0.717, 1.165) is 30.6 Å². The number of ether oxygens (including phenoxy) is 3. The highest BCUT2D eigenvalue weighted by Crippen LogP contribution is 2.25. The molecule has 2 aromatic rings. The van der Waals surface area contributed by atoms with Crippen LogP contribution in [0.1, 0.15) is 42.5 Å². The van der Waals surface area contributed by atoms with Crippen molar-refractivity contribution in [3.8, 4) is 0 Å². The fraction of sp³-hybridized carbons (Fsp3) is 0.542. The van der Waals surface area contributed by atoms with Crippen LogP contribution < -0.4 is 10.0 Å². The largest absolute Gasteiger partial charge is 0.392 e. The van der Waals surface area contributed by atoms with Gasteiger partial charge in [0.15, 0.2) is 10.8 Å². The highest BCUT2D eigenvalue weighted by Gasteiger charge is 2.27. The first-order chi connectivity index (χ1) is 17.9. The maximum atomic E-state index is 13.2. The van der Waals surface area contributed by atoms with Gasteiger partial charge in [0.2, 0.25) is 10.0 Å². The van der Waals surface area contributed by atoms with Crippen molar-refractivity contribution < 1.29 is 32.3 Å². The summed E-state index contributed by atoms with van der Waals surface area (Å²) in [4.78, 5) is 24.0. The number of aromatic nitrogens is 1. The lowest BCUT2D eigenvalue weighted by Gasteiger charge is -2.13. The van der Waals surface area contributed by atoms with E-state index in [-0.39, 0.29) is 35.5 Å². The Morgan fingerprint density at radius 1 is 1.19 bits per heavy atom. The number of benzene rings is 1. The number of methoxy groups -OCH3 is 2. The molecule has 0 spiro atoms. The summed E-state index contributed by atoms with van der Waals surface area (Å²) in [5.41, 5.74) is 0.422. The number of amides is 1. The molecule has 1 aliphatic carbocycles. The predicted octanol–water partition coefficient (Wildman–Crippen LogP) is 2.67. The fourth-order valence-corrected chi connectivity index (χ4v) is 6.02. The van der Waals surface area contributed by atoms with Gasteiger partial charge in [-0.05, 0) is 37.8 Å². The summed E-state index contributed by atoms with van der Waals surface area (Å²) < 4.78 is 44.0. The van der Waals surface area contributed by atoms with Crippen molar-refractivity contribution in [2.75, 3.05) is 32.7 Å². The summed E-state index contributed by atoms with van der Waals surface area (Å²) in [6.45, 7) is 1.25. The second kappa shape index (κ2) is 12.9. The summed E-state index contributed by atoms with van der Waals surface area (Å²) in [7, 11) is -0.490. The molecule has 37 heavy (non-hydrogen) atoms. The smallest absolute Gasteiger partial charge is 0.280 e. The van der Waals surface area contributed by atoms with E-state index in [1.807, 2.05) is 0 Å². The SMILES string of the molecule is COCc1cnc(NC(=O)C(=NO[C@@H]2CC[C@@H](OC)C2)c2ccc(S(=O)(=O)NC[C@H]3CCCO3)cc2)s1. The Kier molecular flexibility index (Phi) is 9.62. The Morgan fingerprint density at radius 2 is 1.97 bits per heavy atom. The number of rotatable bonds is 12. The molecule has 1 aliphatic heterocycles. The number of carbonyl (C=O) groups is 1. The molecule has 11 nitrogen and oxygen atoms in total. The molecule has 202 valence electrons. The molecule has 0 unspecified atom stereocenters. The average molecular weight is 553 g/mol.